The van der Waals surface area contributed by atoms with Crippen LogP contribution in [-0.2, 0) is 9.59 Å². The standard InChI is InChI=1S/C18H23NO4S/c1-2-23-13-3-5-14(6-4-13)24-12-16(20)19-9-7-18(8-10-19)11-15(18)17(21)22/h3-6,15H,2,7-12H2,1H3,(H,21,22). The molecule has 1 aliphatic carbocycles. The summed E-state index contributed by atoms with van der Waals surface area (Å²) in [5.41, 5.74) is -0.0230. The van der Waals surface area contributed by atoms with Crippen LogP contribution in [0, 0.1) is 11.3 Å². The summed E-state index contributed by atoms with van der Waals surface area (Å²) < 4.78 is 5.41. The normalized spacial score (nSPS) is 21.5. The Morgan fingerprint density at radius 1 is 1.29 bits per heavy atom. The lowest BCUT2D eigenvalue weighted by atomic mass is 9.91. The first-order valence-electron chi connectivity index (χ1n) is 8.40. The van der Waals surface area contributed by atoms with Crippen LogP contribution in [-0.4, -0.2) is 47.3 Å². The van der Waals surface area contributed by atoms with Crippen LogP contribution in [0.2, 0.25) is 0 Å². The van der Waals surface area contributed by atoms with Crippen molar-refractivity contribution in [2.45, 2.75) is 31.1 Å². The highest BCUT2D eigenvalue weighted by Crippen LogP contribution is 2.59. The Hall–Kier alpha value is -1.69. The smallest absolute Gasteiger partial charge is 0.307 e. The van der Waals surface area contributed by atoms with Gasteiger partial charge in [0.05, 0.1) is 18.3 Å². The van der Waals surface area contributed by atoms with E-state index in [0.29, 0.717) is 25.4 Å². The minimum absolute atomic E-state index is 0.0230. The molecule has 1 N–H and O–H groups in total. The molecule has 1 aromatic rings. The molecule has 1 heterocycles. The van der Waals surface area contributed by atoms with E-state index in [1.165, 1.54) is 11.8 Å². The summed E-state index contributed by atoms with van der Waals surface area (Å²) in [5.74, 6) is 0.528. The van der Waals surface area contributed by atoms with Gasteiger partial charge >= 0.3 is 5.97 Å². The van der Waals surface area contributed by atoms with Gasteiger partial charge in [-0.3, -0.25) is 9.59 Å². The van der Waals surface area contributed by atoms with E-state index in [9.17, 15) is 9.59 Å². The summed E-state index contributed by atoms with van der Waals surface area (Å²) in [6, 6.07) is 7.77. The van der Waals surface area contributed by atoms with E-state index in [0.717, 1.165) is 29.9 Å². The molecule has 2 fully saturated rings. The van der Waals surface area contributed by atoms with Crippen LogP contribution < -0.4 is 4.74 Å². The van der Waals surface area contributed by atoms with Crippen LogP contribution in [0.15, 0.2) is 29.2 Å². The molecule has 1 saturated carbocycles. The zero-order valence-corrected chi connectivity index (χ0v) is 14.7. The van der Waals surface area contributed by atoms with Crippen molar-refractivity contribution in [1.82, 2.24) is 4.90 Å². The Bertz CT molecular complexity index is 608. The molecule has 0 radical (unpaired) electrons. The van der Waals surface area contributed by atoms with Crippen LogP contribution >= 0.6 is 11.8 Å². The van der Waals surface area contributed by atoms with Gasteiger partial charge in [-0.25, -0.2) is 0 Å². The van der Waals surface area contributed by atoms with Crippen molar-refractivity contribution < 1.29 is 19.4 Å². The number of likely N-dealkylation sites (tertiary alicyclic amines) is 1. The van der Waals surface area contributed by atoms with Crippen molar-refractivity contribution >= 4 is 23.6 Å². The quantitative estimate of drug-likeness (QED) is 0.800. The van der Waals surface area contributed by atoms with E-state index >= 15 is 0 Å². The lowest BCUT2D eigenvalue weighted by molar-refractivity contribution is -0.139. The van der Waals surface area contributed by atoms with E-state index in [1.807, 2.05) is 36.1 Å². The van der Waals surface area contributed by atoms with Gasteiger partial charge in [-0.1, -0.05) is 0 Å². The Balaban J connectivity index is 1.44. The molecule has 130 valence electrons. The molecule has 5 nitrogen and oxygen atoms in total. The first kappa shape index (κ1) is 17.1. The van der Waals surface area contributed by atoms with Crippen LogP contribution in [0.5, 0.6) is 5.75 Å². The molecule has 3 rings (SSSR count). The van der Waals surface area contributed by atoms with E-state index < -0.39 is 5.97 Å². The number of carboxylic acids is 1. The van der Waals surface area contributed by atoms with E-state index in [2.05, 4.69) is 0 Å². The largest absolute Gasteiger partial charge is 0.494 e. The maximum Gasteiger partial charge on any atom is 0.307 e. The van der Waals surface area contributed by atoms with Crippen molar-refractivity contribution in [3.05, 3.63) is 24.3 Å². The van der Waals surface area contributed by atoms with Crippen LogP contribution in [0.1, 0.15) is 26.2 Å². The number of benzene rings is 1. The highest BCUT2D eigenvalue weighted by atomic mass is 32.2. The predicted octanol–water partition coefficient (Wildman–Crippen LogP) is 2.89. The average Bonchev–Trinajstić information content (AvgIpc) is 3.29. The lowest BCUT2D eigenvalue weighted by Gasteiger charge is -2.32. The SMILES string of the molecule is CCOc1ccc(SCC(=O)N2CCC3(CC2)CC3C(=O)O)cc1. The molecule has 1 unspecified atom stereocenters. The third kappa shape index (κ3) is 3.69. The number of thioether (sulfide) groups is 1. The summed E-state index contributed by atoms with van der Waals surface area (Å²) in [6.45, 7) is 3.97. The number of piperidine rings is 1. The number of carbonyl (C=O) groups excluding carboxylic acids is 1. The number of aliphatic carboxylic acids is 1. The third-order valence-electron chi connectivity index (χ3n) is 5.10. The molecule has 0 aromatic heterocycles. The molecule has 24 heavy (non-hydrogen) atoms. The second-order valence-corrected chi connectivity index (χ2v) is 7.58. The van der Waals surface area contributed by atoms with E-state index in [1.54, 1.807) is 0 Å². The average molecular weight is 349 g/mol. The monoisotopic (exact) mass is 349 g/mol. The number of hydrogen-bond donors (Lipinski definition) is 1. The van der Waals surface area contributed by atoms with Gasteiger partial charge in [-0.2, -0.15) is 0 Å². The van der Waals surface area contributed by atoms with Gasteiger partial charge < -0.3 is 14.7 Å². The topological polar surface area (TPSA) is 66.8 Å². The van der Waals surface area contributed by atoms with Crippen molar-refractivity contribution in [3.8, 4) is 5.75 Å². The van der Waals surface area contributed by atoms with Crippen LogP contribution in [0.3, 0.4) is 0 Å². The van der Waals surface area contributed by atoms with Gasteiger partial charge in [0.1, 0.15) is 5.75 Å². The van der Waals surface area contributed by atoms with Crippen molar-refractivity contribution in [3.63, 3.8) is 0 Å². The maximum atomic E-state index is 12.4. The molecule has 1 saturated heterocycles. The van der Waals surface area contributed by atoms with Crippen molar-refractivity contribution in [2.75, 3.05) is 25.4 Å². The number of rotatable bonds is 6. The second kappa shape index (κ2) is 7.05. The molecule has 1 spiro atoms. The Labute approximate surface area is 146 Å². The number of nitrogens with zero attached hydrogens (tertiary/aromatic N) is 1. The van der Waals surface area contributed by atoms with E-state index in [4.69, 9.17) is 9.84 Å². The van der Waals surface area contributed by atoms with Gasteiger partial charge in [0.2, 0.25) is 5.91 Å². The van der Waals surface area contributed by atoms with Gasteiger partial charge in [-0.05, 0) is 55.9 Å². The Kier molecular flexibility index (Phi) is 5.04. The molecule has 6 heteroatoms. The summed E-state index contributed by atoms with van der Waals surface area (Å²) >= 11 is 1.53. The zero-order chi connectivity index (χ0) is 17.2. The Morgan fingerprint density at radius 3 is 2.50 bits per heavy atom. The summed E-state index contributed by atoms with van der Waals surface area (Å²) in [4.78, 5) is 26.4. The molecule has 1 amide bonds. The lowest BCUT2D eigenvalue weighted by Crippen LogP contribution is -2.40. The van der Waals surface area contributed by atoms with E-state index in [-0.39, 0.29) is 17.2 Å². The summed E-state index contributed by atoms with van der Waals surface area (Å²) in [7, 11) is 0. The minimum atomic E-state index is -0.680. The maximum absolute atomic E-state index is 12.4. The predicted molar refractivity (Wildman–Crippen MR) is 92.3 cm³/mol. The molecule has 2 aliphatic rings. The zero-order valence-electron chi connectivity index (χ0n) is 13.9. The third-order valence-corrected chi connectivity index (χ3v) is 6.09. The second-order valence-electron chi connectivity index (χ2n) is 6.53. The van der Waals surface area contributed by atoms with Crippen molar-refractivity contribution in [2.24, 2.45) is 11.3 Å². The van der Waals surface area contributed by atoms with Gasteiger partial charge in [0.25, 0.3) is 0 Å². The fourth-order valence-electron chi connectivity index (χ4n) is 3.49. The summed E-state index contributed by atoms with van der Waals surface area (Å²) in [6.07, 6.45) is 2.43. The molecule has 1 aliphatic heterocycles. The number of carbonyl (C=O) groups is 2. The number of amides is 1. The fraction of sp³-hybridized carbons (Fsp3) is 0.556. The summed E-state index contributed by atoms with van der Waals surface area (Å²) in [5, 5.41) is 9.12. The fourth-order valence-corrected chi connectivity index (χ4v) is 4.29. The van der Waals surface area contributed by atoms with Gasteiger partial charge in [0.15, 0.2) is 0 Å². The molecule has 1 atom stereocenters. The highest BCUT2D eigenvalue weighted by Gasteiger charge is 2.59. The first-order chi connectivity index (χ1) is 11.5. The highest BCUT2D eigenvalue weighted by molar-refractivity contribution is 8.00. The van der Waals surface area contributed by atoms with Gasteiger partial charge in [0, 0.05) is 18.0 Å². The number of carboxylic acid groups (broad SMARTS) is 1. The molecular weight excluding hydrogens is 326 g/mol. The minimum Gasteiger partial charge on any atom is -0.494 e. The number of hydrogen-bond acceptors (Lipinski definition) is 4. The van der Waals surface area contributed by atoms with Crippen molar-refractivity contribution in [1.29, 1.82) is 0 Å². The first-order valence-corrected chi connectivity index (χ1v) is 9.39. The molecule has 1 aromatic carbocycles. The van der Waals surface area contributed by atoms with Gasteiger partial charge in [-0.15, -0.1) is 11.8 Å². The Morgan fingerprint density at radius 2 is 1.96 bits per heavy atom. The van der Waals surface area contributed by atoms with Crippen LogP contribution in [0.4, 0.5) is 0 Å². The molecular formula is C18H23NO4S. The van der Waals surface area contributed by atoms with Crippen LogP contribution in [0.25, 0.3) is 0 Å². The molecule has 0 bridgehead atoms. The number of ether oxygens (including phenoxy) is 1.